The van der Waals surface area contributed by atoms with Crippen LogP contribution in [0.5, 0.6) is 0 Å². The van der Waals surface area contributed by atoms with Crippen LogP contribution in [0.25, 0.3) is 0 Å². The first-order valence-corrected chi connectivity index (χ1v) is 13.5. The lowest BCUT2D eigenvalue weighted by atomic mass is 9.47. The SMILES string of the molecule is CC1=C(CC[C@@H](C)CN(C)C)O[C@H]2C[C@H]3[C@@H]4CC=C5C[C@@H](O)CC[C@]5(C)[C@H]4CC[C@]3(C)[C@@H]12. The molecule has 3 fully saturated rings. The van der Waals surface area contributed by atoms with E-state index in [4.69, 9.17) is 4.74 Å². The average molecular weight is 442 g/mol. The number of ether oxygens (including phenoxy) is 1. The fraction of sp³-hybridized carbons (Fsp3) is 0.862. The molecule has 0 aromatic carbocycles. The third kappa shape index (κ3) is 3.52. The molecular weight excluding hydrogens is 394 g/mol. The van der Waals surface area contributed by atoms with Gasteiger partial charge in [0, 0.05) is 18.9 Å². The van der Waals surface area contributed by atoms with Crippen LogP contribution < -0.4 is 0 Å². The summed E-state index contributed by atoms with van der Waals surface area (Å²) < 4.78 is 6.75. The number of aliphatic hydroxyl groups is 1. The van der Waals surface area contributed by atoms with E-state index in [2.05, 4.69) is 52.8 Å². The van der Waals surface area contributed by atoms with Crippen molar-refractivity contribution < 1.29 is 9.84 Å². The van der Waals surface area contributed by atoms with Crippen LogP contribution in [0.1, 0.15) is 85.5 Å². The van der Waals surface area contributed by atoms with Gasteiger partial charge in [-0.1, -0.05) is 32.4 Å². The van der Waals surface area contributed by atoms with Crippen LogP contribution in [-0.4, -0.2) is 42.9 Å². The topological polar surface area (TPSA) is 32.7 Å². The van der Waals surface area contributed by atoms with Crippen LogP contribution in [-0.2, 0) is 4.74 Å². The standard InChI is InChI=1S/C29H47NO2/c1-18(17-30(5)6)7-10-25-19(2)27-26(32-25)16-24-22-9-8-20-15-21(31)11-13-28(20,3)23(22)12-14-29(24,27)4/h8,18,21-24,26-27,31H,7,9-17H2,1-6H3/t18-,21+,22-,23+,24+,26+,27+,28+,29+/m1/s1. The maximum atomic E-state index is 10.3. The van der Waals surface area contributed by atoms with Crippen LogP contribution in [0.4, 0.5) is 0 Å². The molecule has 0 unspecified atom stereocenters. The van der Waals surface area contributed by atoms with E-state index in [0.29, 0.717) is 28.8 Å². The minimum absolute atomic E-state index is 0.106. The molecule has 1 heterocycles. The molecule has 0 spiro atoms. The Labute approximate surface area is 196 Å². The Balaban J connectivity index is 1.33. The van der Waals surface area contributed by atoms with Gasteiger partial charge in [0.05, 0.1) is 11.9 Å². The summed E-state index contributed by atoms with van der Waals surface area (Å²) in [5.41, 5.74) is 3.92. The quantitative estimate of drug-likeness (QED) is 0.517. The van der Waals surface area contributed by atoms with Crippen molar-refractivity contribution in [2.45, 2.75) is 97.7 Å². The summed E-state index contributed by atoms with van der Waals surface area (Å²) >= 11 is 0. The number of hydrogen-bond acceptors (Lipinski definition) is 3. The maximum absolute atomic E-state index is 10.3. The van der Waals surface area contributed by atoms with Gasteiger partial charge in [-0.15, -0.1) is 0 Å². The summed E-state index contributed by atoms with van der Waals surface area (Å²) in [6, 6.07) is 0. The van der Waals surface area contributed by atoms with Crippen LogP contribution >= 0.6 is 0 Å². The van der Waals surface area contributed by atoms with Gasteiger partial charge in [-0.25, -0.2) is 0 Å². The van der Waals surface area contributed by atoms with E-state index in [1.807, 2.05) is 0 Å². The van der Waals surface area contributed by atoms with Crippen molar-refractivity contribution in [1.82, 2.24) is 4.90 Å². The van der Waals surface area contributed by atoms with Crippen molar-refractivity contribution in [3.8, 4) is 0 Å². The number of aliphatic hydroxyl groups excluding tert-OH is 1. The van der Waals surface area contributed by atoms with Crippen LogP contribution in [0, 0.1) is 40.4 Å². The van der Waals surface area contributed by atoms with Crippen molar-refractivity contribution in [3.05, 3.63) is 23.0 Å². The maximum Gasteiger partial charge on any atom is 0.106 e. The molecule has 3 nitrogen and oxygen atoms in total. The Hall–Kier alpha value is -0.800. The number of fused-ring (bicyclic) bond motifs is 7. The molecule has 0 saturated heterocycles. The monoisotopic (exact) mass is 441 g/mol. The number of allylic oxidation sites excluding steroid dienone is 2. The molecule has 0 bridgehead atoms. The summed E-state index contributed by atoms with van der Waals surface area (Å²) in [6.45, 7) is 11.1. The summed E-state index contributed by atoms with van der Waals surface area (Å²) in [5, 5.41) is 10.3. The second-order valence-electron chi connectivity index (χ2n) is 13.1. The van der Waals surface area contributed by atoms with E-state index >= 15 is 0 Å². The van der Waals surface area contributed by atoms with Crippen LogP contribution in [0.2, 0.25) is 0 Å². The lowest BCUT2D eigenvalue weighted by molar-refractivity contribution is -0.0454. The third-order valence-electron chi connectivity index (χ3n) is 10.8. The highest BCUT2D eigenvalue weighted by molar-refractivity contribution is 5.30. The largest absolute Gasteiger partial charge is 0.494 e. The van der Waals surface area contributed by atoms with Gasteiger partial charge in [-0.3, -0.25) is 0 Å². The minimum Gasteiger partial charge on any atom is -0.494 e. The van der Waals surface area contributed by atoms with E-state index in [0.717, 1.165) is 43.6 Å². The molecule has 9 atom stereocenters. The molecule has 3 saturated carbocycles. The first-order valence-electron chi connectivity index (χ1n) is 13.5. The van der Waals surface area contributed by atoms with Gasteiger partial charge in [-0.05, 0) is 112 Å². The zero-order chi connectivity index (χ0) is 22.8. The molecular formula is C29H47NO2. The Morgan fingerprint density at radius 3 is 2.72 bits per heavy atom. The molecule has 5 aliphatic rings. The molecule has 0 aromatic heterocycles. The van der Waals surface area contributed by atoms with Crippen molar-refractivity contribution in [2.24, 2.45) is 40.4 Å². The molecule has 1 aliphatic heterocycles. The number of rotatable bonds is 5. The van der Waals surface area contributed by atoms with Crippen molar-refractivity contribution in [3.63, 3.8) is 0 Å². The zero-order valence-corrected chi connectivity index (χ0v) is 21.5. The highest BCUT2D eigenvalue weighted by Crippen LogP contribution is 2.68. The zero-order valence-electron chi connectivity index (χ0n) is 21.5. The molecule has 0 radical (unpaired) electrons. The van der Waals surface area contributed by atoms with E-state index in [-0.39, 0.29) is 6.10 Å². The van der Waals surface area contributed by atoms with Gasteiger partial charge < -0.3 is 14.7 Å². The molecule has 180 valence electrons. The van der Waals surface area contributed by atoms with E-state index in [1.54, 1.807) is 11.1 Å². The Bertz CT molecular complexity index is 799. The fourth-order valence-electron chi connectivity index (χ4n) is 9.32. The molecule has 0 aromatic rings. The summed E-state index contributed by atoms with van der Waals surface area (Å²) in [5.74, 6) is 5.10. The van der Waals surface area contributed by atoms with E-state index < -0.39 is 0 Å². The van der Waals surface area contributed by atoms with Gasteiger partial charge in [-0.2, -0.15) is 0 Å². The second-order valence-corrected chi connectivity index (χ2v) is 13.1. The van der Waals surface area contributed by atoms with Crippen LogP contribution in [0.15, 0.2) is 23.0 Å². The predicted octanol–water partition coefficient (Wildman–Crippen LogP) is 6.19. The second kappa shape index (κ2) is 8.15. The lowest BCUT2D eigenvalue weighted by Gasteiger charge is -2.57. The van der Waals surface area contributed by atoms with Gasteiger partial charge in [0.15, 0.2) is 0 Å². The van der Waals surface area contributed by atoms with Crippen molar-refractivity contribution in [1.29, 1.82) is 0 Å². The fourth-order valence-corrected chi connectivity index (χ4v) is 9.32. The molecule has 3 heteroatoms. The normalized spacial score (nSPS) is 46.2. The smallest absolute Gasteiger partial charge is 0.106 e. The lowest BCUT2D eigenvalue weighted by Crippen LogP contribution is -2.50. The van der Waals surface area contributed by atoms with Crippen LogP contribution in [0.3, 0.4) is 0 Å². The van der Waals surface area contributed by atoms with Gasteiger partial charge >= 0.3 is 0 Å². The Kier molecular flexibility index (Phi) is 5.85. The highest BCUT2D eigenvalue weighted by atomic mass is 16.5. The van der Waals surface area contributed by atoms with Gasteiger partial charge in [0.25, 0.3) is 0 Å². The summed E-state index contributed by atoms with van der Waals surface area (Å²) in [6.07, 6.45) is 13.5. The van der Waals surface area contributed by atoms with Gasteiger partial charge in [0.2, 0.25) is 0 Å². The first-order chi connectivity index (χ1) is 15.1. The highest BCUT2D eigenvalue weighted by Gasteiger charge is 2.63. The van der Waals surface area contributed by atoms with Gasteiger partial charge in [0.1, 0.15) is 6.10 Å². The first kappa shape index (κ1) is 23.0. The Morgan fingerprint density at radius 1 is 1.19 bits per heavy atom. The number of nitrogens with zero attached hydrogens (tertiary/aromatic N) is 1. The predicted molar refractivity (Wildman–Crippen MR) is 131 cm³/mol. The molecule has 32 heavy (non-hydrogen) atoms. The molecule has 0 amide bonds. The van der Waals surface area contributed by atoms with E-state index in [1.165, 1.54) is 44.3 Å². The summed E-state index contributed by atoms with van der Waals surface area (Å²) in [4.78, 5) is 2.30. The molecule has 1 N–H and O–H groups in total. The van der Waals surface area contributed by atoms with Crippen molar-refractivity contribution >= 4 is 0 Å². The minimum atomic E-state index is -0.106. The number of hydrogen-bond donors (Lipinski definition) is 1. The summed E-state index contributed by atoms with van der Waals surface area (Å²) in [7, 11) is 4.35. The molecule has 4 aliphatic carbocycles. The average Bonchev–Trinajstić information content (AvgIpc) is 3.20. The van der Waals surface area contributed by atoms with Crippen molar-refractivity contribution in [2.75, 3.05) is 20.6 Å². The Morgan fingerprint density at radius 2 is 1.97 bits per heavy atom. The third-order valence-corrected chi connectivity index (χ3v) is 10.8. The molecule has 5 rings (SSSR count). The van der Waals surface area contributed by atoms with E-state index in [9.17, 15) is 5.11 Å².